The van der Waals surface area contributed by atoms with Gasteiger partial charge in [-0.1, -0.05) is 13.3 Å². The predicted molar refractivity (Wildman–Crippen MR) is 73.3 cm³/mol. The molecule has 1 aromatic carbocycles. The van der Waals surface area contributed by atoms with Gasteiger partial charge in [0.25, 0.3) is 0 Å². The number of hydrogen-bond donors (Lipinski definition) is 0. The van der Waals surface area contributed by atoms with Crippen molar-refractivity contribution >= 4 is 11.5 Å². The summed E-state index contributed by atoms with van der Waals surface area (Å²) in [6, 6.07) is 4.97. The van der Waals surface area contributed by atoms with Gasteiger partial charge >= 0.3 is 0 Å². The molecule has 19 heavy (non-hydrogen) atoms. The van der Waals surface area contributed by atoms with Crippen LogP contribution in [0.15, 0.2) is 18.2 Å². The van der Waals surface area contributed by atoms with E-state index in [4.69, 9.17) is 4.74 Å². The molecule has 0 N–H and O–H groups in total. The number of Topliss-reactive ketones (excluding diaryl/α,β-unsaturated/α-hetero) is 1. The minimum absolute atomic E-state index is 0.260. The average molecular weight is 265 g/mol. The van der Waals surface area contributed by atoms with Crippen LogP contribution in [0.3, 0.4) is 0 Å². The molecular weight excluding hydrogens is 245 g/mol. The van der Waals surface area contributed by atoms with E-state index in [1.165, 1.54) is 6.07 Å². The monoisotopic (exact) mass is 265 g/mol. The van der Waals surface area contributed by atoms with Gasteiger partial charge in [0.1, 0.15) is 17.3 Å². The van der Waals surface area contributed by atoms with Crippen LogP contribution in [0.2, 0.25) is 0 Å². The number of rotatable bonds is 5. The van der Waals surface area contributed by atoms with E-state index in [0.29, 0.717) is 44.0 Å². The zero-order valence-electron chi connectivity index (χ0n) is 11.3. The molecule has 1 aliphatic rings. The molecule has 0 bridgehead atoms. The second-order valence-electron chi connectivity index (χ2n) is 4.84. The molecule has 0 unspecified atom stereocenters. The van der Waals surface area contributed by atoms with E-state index in [1.54, 1.807) is 12.1 Å². The molecule has 0 amide bonds. The van der Waals surface area contributed by atoms with Gasteiger partial charge in [-0.25, -0.2) is 4.39 Å². The molecule has 1 heterocycles. The number of anilines is 1. The molecule has 3 nitrogen and oxygen atoms in total. The summed E-state index contributed by atoms with van der Waals surface area (Å²) >= 11 is 0. The van der Waals surface area contributed by atoms with Crippen LogP contribution < -0.4 is 9.64 Å². The Bertz CT molecular complexity index is 438. The molecule has 4 heteroatoms. The minimum Gasteiger partial charge on any atom is -0.493 e. The molecule has 0 aliphatic carbocycles. The number of benzene rings is 1. The van der Waals surface area contributed by atoms with E-state index in [9.17, 15) is 9.18 Å². The Morgan fingerprint density at radius 1 is 1.32 bits per heavy atom. The number of unbranched alkanes of at least 4 members (excludes halogenated alkanes) is 1. The van der Waals surface area contributed by atoms with E-state index in [1.807, 2.05) is 4.90 Å². The van der Waals surface area contributed by atoms with Crippen LogP contribution in [-0.2, 0) is 4.79 Å². The maximum atomic E-state index is 14.0. The zero-order valence-corrected chi connectivity index (χ0v) is 11.3. The molecular formula is C15H20FNO2. The van der Waals surface area contributed by atoms with E-state index in [2.05, 4.69) is 6.92 Å². The van der Waals surface area contributed by atoms with Gasteiger partial charge in [-0.2, -0.15) is 0 Å². The number of hydrogen-bond acceptors (Lipinski definition) is 3. The molecule has 0 aromatic heterocycles. The Hall–Kier alpha value is -1.58. The van der Waals surface area contributed by atoms with Crippen LogP contribution >= 0.6 is 0 Å². The highest BCUT2D eigenvalue weighted by Gasteiger charge is 2.19. The number of piperidine rings is 1. The lowest BCUT2D eigenvalue weighted by atomic mass is 10.1. The fraction of sp³-hybridized carbons (Fsp3) is 0.533. The summed E-state index contributed by atoms with van der Waals surface area (Å²) in [4.78, 5) is 13.1. The second kappa shape index (κ2) is 6.55. The summed E-state index contributed by atoms with van der Waals surface area (Å²) in [5.41, 5.74) is 0.565. The van der Waals surface area contributed by atoms with Crippen LogP contribution in [0.1, 0.15) is 32.6 Å². The van der Waals surface area contributed by atoms with Gasteiger partial charge in [-0.15, -0.1) is 0 Å². The van der Waals surface area contributed by atoms with Crippen molar-refractivity contribution in [3.05, 3.63) is 24.0 Å². The van der Waals surface area contributed by atoms with E-state index in [-0.39, 0.29) is 11.6 Å². The fourth-order valence-corrected chi connectivity index (χ4v) is 2.17. The van der Waals surface area contributed by atoms with Crippen molar-refractivity contribution in [3.63, 3.8) is 0 Å². The van der Waals surface area contributed by atoms with Crippen LogP contribution in [0.5, 0.6) is 5.75 Å². The van der Waals surface area contributed by atoms with Crippen molar-refractivity contribution in [2.24, 2.45) is 0 Å². The third-order valence-corrected chi connectivity index (χ3v) is 3.35. The highest BCUT2D eigenvalue weighted by molar-refractivity contribution is 5.81. The molecule has 1 fully saturated rings. The molecule has 1 aliphatic heterocycles. The van der Waals surface area contributed by atoms with Gasteiger partial charge in [0.05, 0.1) is 12.3 Å². The summed E-state index contributed by atoms with van der Waals surface area (Å²) < 4.78 is 19.5. The Labute approximate surface area is 113 Å². The van der Waals surface area contributed by atoms with E-state index >= 15 is 0 Å². The first kappa shape index (κ1) is 13.8. The quantitative estimate of drug-likeness (QED) is 0.766. The van der Waals surface area contributed by atoms with Gasteiger partial charge in [-0.3, -0.25) is 4.79 Å². The smallest absolute Gasteiger partial charge is 0.150 e. The maximum Gasteiger partial charge on any atom is 0.150 e. The normalized spacial score (nSPS) is 15.7. The first-order valence-corrected chi connectivity index (χ1v) is 6.89. The topological polar surface area (TPSA) is 29.5 Å². The second-order valence-corrected chi connectivity index (χ2v) is 4.84. The maximum absolute atomic E-state index is 14.0. The Morgan fingerprint density at radius 2 is 2.05 bits per heavy atom. The Balaban J connectivity index is 2.00. The molecule has 104 valence electrons. The summed E-state index contributed by atoms with van der Waals surface area (Å²) in [7, 11) is 0. The predicted octanol–water partition coefficient (Wildman–Crippen LogP) is 3.17. The highest BCUT2D eigenvalue weighted by Crippen LogP contribution is 2.26. The number of carbonyl (C=O) groups excluding carboxylic acids is 1. The van der Waals surface area contributed by atoms with Crippen molar-refractivity contribution in [3.8, 4) is 5.75 Å². The molecule has 0 radical (unpaired) electrons. The number of ether oxygens (including phenoxy) is 1. The summed E-state index contributed by atoms with van der Waals surface area (Å²) in [6.45, 7) is 3.91. The minimum atomic E-state index is -0.275. The van der Waals surface area contributed by atoms with Crippen LogP contribution in [0.25, 0.3) is 0 Å². The van der Waals surface area contributed by atoms with E-state index in [0.717, 1.165) is 12.8 Å². The van der Waals surface area contributed by atoms with Gasteiger partial charge in [0.2, 0.25) is 0 Å². The molecule has 0 saturated carbocycles. The van der Waals surface area contributed by atoms with Gasteiger partial charge in [0, 0.05) is 32.0 Å². The zero-order chi connectivity index (χ0) is 13.7. The van der Waals surface area contributed by atoms with Crippen LogP contribution in [0, 0.1) is 5.82 Å². The third-order valence-electron chi connectivity index (χ3n) is 3.35. The standard InChI is InChI=1S/C15H20FNO2/c1-2-3-10-19-13-4-5-15(14(16)11-13)17-8-6-12(18)7-9-17/h4-5,11H,2-3,6-10H2,1H3. The van der Waals surface area contributed by atoms with Crippen molar-refractivity contribution < 1.29 is 13.9 Å². The van der Waals surface area contributed by atoms with E-state index < -0.39 is 0 Å². The first-order valence-electron chi connectivity index (χ1n) is 6.89. The van der Waals surface area contributed by atoms with Gasteiger partial charge in [0.15, 0.2) is 0 Å². The third kappa shape index (κ3) is 3.69. The first-order chi connectivity index (χ1) is 9.20. The largest absolute Gasteiger partial charge is 0.493 e. The molecule has 0 atom stereocenters. The van der Waals surface area contributed by atoms with Crippen molar-refractivity contribution in [1.29, 1.82) is 0 Å². The number of ketones is 1. The highest BCUT2D eigenvalue weighted by atomic mass is 19.1. The lowest BCUT2D eigenvalue weighted by molar-refractivity contribution is -0.119. The lowest BCUT2D eigenvalue weighted by Gasteiger charge is -2.28. The van der Waals surface area contributed by atoms with Crippen molar-refractivity contribution in [2.45, 2.75) is 32.6 Å². The lowest BCUT2D eigenvalue weighted by Crippen LogP contribution is -2.34. The van der Waals surface area contributed by atoms with Crippen molar-refractivity contribution in [2.75, 3.05) is 24.6 Å². The number of carbonyl (C=O) groups is 1. The fourth-order valence-electron chi connectivity index (χ4n) is 2.17. The summed E-state index contributed by atoms with van der Waals surface area (Å²) in [6.07, 6.45) is 3.04. The summed E-state index contributed by atoms with van der Waals surface area (Å²) in [5.74, 6) is 0.558. The summed E-state index contributed by atoms with van der Waals surface area (Å²) in [5, 5.41) is 0. The molecule has 1 saturated heterocycles. The number of nitrogens with zero attached hydrogens (tertiary/aromatic N) is 1. The number of halogens is 1. The molecule has 1 aromatic rings. The van der Waals surface area contributed by atoms with Crippen LogP contribution in [0.4, 0.5) is 10.1 Å². The average Bonchev–Trinajstić information content (AvgIpc) is 2.41. The Morgan fingerprint density at radius 3 is 2.68 bits per heavy atom. The van der Waals surface area contributed by atoms with Crippen LogP contribution in [-0.4, -0.2) is 25.5 Å². The van der Waals surface area contributed by atoms with Gasteiger partial charge in [-0.05, 0) is 18.6 Å². The molecule has 0 spiro atoms. The SMILES string of the molecule is CCCCOc1ccc(N2CCC(=O)CC2)c(F)c1. The molecule has 2 rings (SSSR count). The Kier molecular flexibility index (Phi) is 4.77. The van der Waals surface area contributed by atoms with Gasteiger partial charge < -0.3 is 9.64 Å². The van der Waals surface area contributed by atoms with Crippen molar-refractivity contribution in [1.82, 2.24) is 0 Å².